The van der Waals surface area contributed by atoms with E-state index in [2.05, 4.69) is 6.58 Å². The summed E-state index contributed by atoms with van der Waals surface area (Å²) < 4.78 is 10.7. The Labute approximate surface area is 122 Å². The number of benzene rings is 1. The fraction of sp³-hybridized carbons (Fsp3) is 0.467. The summed E-state index contributed by atoms with van der Waals surface area (Å²) in [5.74, 6) is 0. The van der Waals surface area contributed by atoms with Crippen LogP contribution < -0.4 is 0 Å². The van der Waals surface area contributed by atoms with Crippen molar-refractivity contribution in [3.8, 4) is 0 Å². The molecule has 1 saturated heterocycles. The van der Waals surface area contributed by atoms with Crippen molar-refractivity contribution in [2.24, 2.45) is 0 Å². The lowest BCUT2D eigenvalue weighted by Gasteiger charge is -2.28. The maximum atomic E-state index is 9.95. The first-order chi connectivity index (χ1) is 10.0. The fourth-order valence-electron chi connectivity index (χ4n) is 2.25. The highest BCUT2D eigenvalue weighted by atomic mass is 16.7. The second-order valence-corrected chi connectivity index (χ2v) is 4.96. The first-order valence-electron chi connectivity index (χ1n) is 6.70. The van der Waals surface area contributed by atoms with Crippen molar-refractivity contribution < 1.29 is 29.9 Å². The molecule has 6 heteroatoms. The molecule has 2 rings (SSSR count). The molecular formula is C15H20O6. The minimum Gasteiger partial charge on any atom is -0.387 e. The number of aliphatic hydroxyl groups is 4. The van der Waals surface area contributed by atoms with Crippen molar-refractivity contribution in [1.29, 1.82) is 0 Å². The van der Waals surface area contributed by atoms with Crippen LogP contribution in [0.25, 0.3) is 0 Å². The summed E-state index contributed by atoms with van der Waals surface area (Å²) in [7, 11) is 0. The second-order valence-electron chi connectivity index (χ2n) is 4.96. The van der Waals surface area contributed by atoms with Crippen molar-refractivity contribution in [2.45, 2.75) is 43.4 Å². The van der Waals surface area contributed by atoms with Gasteiger partial charge in [0.1, 0.15) is 30.5 Å². The molecule has 0 aliphatic carbocycles. The molecule has 1 fully saturated rings. The third-order valence-corrected chi connectivity index (χ3v) is 3.46. The molecule has 21 heavy (non-hydrogen) atoms. The van der Waals surface area contributed by atoms with Crippen LogP contribution in [-0.2, 0) is 16.1 Å². The van der Waals surface area contributed by atoms with E-state index in [9.17, 15) is 20.4 Å². The predicted molar refractivity (Wildman–Crippen MR) is 74.1 cm³/mol. The number of hydrogen-bond acceptors (Lipinski definition) is 6. The zero-order valence-electron chi connectivity index (χ0n) is 11.4. The van der Waals surface area contributed by atoms with Crippen molar-refractivity contribution in [2.75, 3.05) is 0 Å². The van der Waals surface area contributed by atoms with E-state index in [0.717, 1.165) is 5.56 Å². The molecule has 0 saturated carbocycles. The van der Waals surface area contributed by atoms with Crippen LogP contribution >= 0.6 is 0 Å². The first kappa shape index (κ1) is 16.1. The molecule has 116 valence electrons. The summed E-state index contributed by atoms with van der Waals surface area (Å²) in [4.78, 5) is 0. The predicted octanol–water partition coefficient (Wildman–Crippen LogP) is -0.442. The van der Waals surface area contributed by atoms with Crippen LogP contribution in [0.5, 0.6) is 0 Å². The Kier molecular flexibility index (Phi) is 5.46. The Bertz CT molecular complexity index is 451. The molecule has 1 aliphatic rings. The highest BCUT2D eigenvalue weighted by Gasteiger charge is 2.47. The lowest BCUT2D eigenvalue weighted by atomic mass is 10.0. The molecule has 4 unspecified atom stereocenters. The average Bonchev–Trinajstić information content (AvgIpc) is 2.76. The van der Waals surface area contributed by atoms with Gasteiger partial charge < -0.3 is 29.9 Å². The molecule has 0 spiro atoms. The van der Waals surface area contributed by atoms with E-state index in [1.807, 2.05) is 30.3 Å². The molecule has 6 nitrogen and oxygen atoms in total. The first-order valence-corrected chi connectivity index (χ1v) is 6.70. The Morgan fingerprint density at radius 2 is 1.86 bits per heavy atom. The highest BCUT2D eigenvalue weighted by Crippen LogP contribution is 2.26. The van der Waals surface area contributed by atoms with Gasteiger partial charge in [0.05, 0.1) is 6.61 Å². The summed E-state index contributed by atoms with van der Waals surface area (Å²) in [5.41, 5.74) is 0.882. The van der Waals surface area contributed by atoms with Gasteiger partial charge in [0.25, 0.3) is 0 Å². The van der Waals surface area contributed by atoms with Gasteiger partial charge in [-0.25, -0.2) is 0 Å². The number of rotatable bonds is 6. The third kappa shape index (κ3) is 3.68. The van der Waals surface area contributed by atoms with Crippen LogP contribution in [0.2, 0.25) is 0 Å². The van der Waals surface area contributed by atoms with Gasteiger partial charge in [0, 0.05) is 0 Å². The molecule has 1 heterocycles. The van der Waals surface area contributed by atoms with Crippen molar-refractivity contribution in [3.05, 3.63) is 48.6 Å². The van der Waals surface area contributed by atoms with Crippen LogP contribution in [-0.4, -0.2) is 57.2 Å². The average molecular weight is 296 g/mol. The lowest BCUT2D eigenvalue weighted by molar-refractivity contribution is -0.171. The molecule has 0 amide bonds. The minimum absolute atomic E-state index is 0.190. The topological polar surface area (TPSA) is 99.4 Å². The Balaban J connectivity index is 2.06. The third-order valence-electron chi connectivity index (χ3n) is 3.46. The quantitative estimate of drug-likeness (QED) is 0.531. The van der Waals surface area contributed by atoms with Gasteiger partial charge in [-0.2, -0.15) is 0 Å². The van der Waals surface area contributed by atoms with Crippen molar-refractivity contribution >= 4 is 0 Å². The van der Waals surface area contributed by atoms with Crippen LogP contribution in [0.1, 0.15) is 5.56 Å². The van der Waals surface area contributed by atoms with E-state index < -0.39 is 36.8 Å². The second kappa shape index (κ2) is 7.13. The van der Waals surface area contributed by atoms with Gasteiger partial charge in [-0.05, 0) is 5.56 Å². The maximum Gasteiger partial charge on any atom is 0.184 e. The van der Waals surface area contributed by atoms with Gasteiger partial charge in [-0.1, -0.05) is 36.4 Å². The van der Waals surface area contributed by atoms with Crippen LogP contribution in [0.15, 0.2) is 43.0 Å². The zero-order chi connectivity index (χ0) is 15.4. The molecule has 0 aromatic heterocycles. The van der Waals surface area contributed by atoms with E-state index in [4.69, 9.17) is 9.47 Å². The number of ether oxygens (including phenoxy) is 2. The minimum atomic E-state index is -1.51. The van der Waals surface area contributed by atoms with Gasteiger partial charge in [0.15, 0.2) is 6.29 Å². The summed E-state index contributed by atoms with van der Waals surface area (Å²) in [6.07, 6.45) is -6.15. The summed E-state index contributed by atoms with van der Waals surface area (Å²) in [5, 5.41) is 38.8. The Morgan fingerprint density at radius 3 is 2.38 bits per heavy atom. The van der Waals surface area contributed by atoms with Crippen LogP contribution in [0, 0.1) is 0 Å². The molecule has 4 N–H and O–H groups in total. The zero-order valence-corrected chi connectivity index (χ0v) is 11.4. The van der Waals surface area contributed by atoms with Gasteiger partial charge in [0.2, 0.25) is 0 Å². The standard InChI is InChI=1S/C15H20O6/c1-2-10(16)13(14-11(17)12(18)15(19)21-14)20-8-9-6-4-3-5-7-9/h2-7,10-19H,1,8H2/t10?,11?,12?,13?,14-,15+/m0/s1. The number of hydrogen-bond donors (Lipinski definition) is 4. The molecular weight excluding hydrogens is 276 g/mol. The van der Waals surface area contributed by atoms with E-state index in [1.54, 1.807) is 0 Å². The van der Waals surface area contributed by atoms with Gasteiger partial charge >= 0.3 is 0 Å². The molecule has 0 radical (unpaired) electrons. The monoisotopic (exact) mass is 296 g/mol. The van der Waals surface area contributed by atoms with E-state index >= 15 is 0 Å². The summed E-state index contributed by atoms with van der Waals surface area (Å²) >= 11 is 0. The highest BCUT2D eigenvalue weighted by molar-refractivity contribution is 5.13. The summed E-state index contributed by atoms with van der Waals surface area (Å²) in [6.45, 7) is 3.67. The smallest absolute Gasteiger partial charge is 0.184 e. The molecule has 1 aromatic rings. The molecule has 6 atom stereocenters. The van der Waals surface area contributed by atoms with E-state index in [0.29, 0.717) is 0 Å². The Hall–Kier alpha value is -1.28. The molecule has 1 aliphatic heterocycles. The van der Waals surface area contributed by atoms with Crippen LogP contribution in [0.4, 0.5) is 0 Å². The molecule has 1 aromatic carbocycles. The largest absolute Gasteiger partial charge is 0.387 e. The maximum absolute atomic E-state index is 9.95. The van der Waals surface area contributed by atoms with Crippen molar-refractivity contribution in [1.82, 2.24) is 0 Å². The Morgan fingerprint density at radius 1 is 1.19 bits per heavy atom. The fourth-order valence-corrected chi connectivity index (χ4v) is 2.25. The van der Waals surface area contributed by atoms with Gasteiger partial charge in [-0.3, -0.25) is 0 Å². The van der Waals surface area contributed by atoms with Crippen molar-refractivity contribution in [3.63, 3.8) is 0 Å². The van der Waals surface area contributed by atoms with E-state index in [-0.39, 0.29) is 6.61 Å². The lowest BCUT2D eigenvalue weighted by Crippen LogP contribution is -2.45. The molecule has 0 bridgehead atoms. The number of aliphatic hydroxyl groups excluding tert-OH is 4. The normalized spacial score (nSPS) is 31.8. The summed E-state index contributed by atoms with van der Waals surface area (Å²) in [6, 6.07) is 9.29. The van der Waals surface area contributed by atoms with Gasteiger partial charge in [-0.15, -0.1) is 6.58 Å². The van der Waals surface area contributed by atoms with Crippen LogP contribution in [0.3, 0.4) is 0 Å². The SMILES string of the molecule is C=CC(O)C(OCc1ccccc1)[C@H]1O[C@@H](O)C(O)C1O. The van der Waals surface area contributed by atoms with E-state index in [1.165, 1.54) is 6.08 Å².